The molecule has 3 N–H and O–H groups in total. The highest BCUT2D eigenvalue weighted by Gasteiger charge is 2.23. The largest absolute Gasteiger partial charge is 0.449 e. The number of rotatable bonds is 5. The highest BCUT2D eigenvalue weighted by atomic mass is 32.2. The van der Waals surface area contributed by atoms with Crippen molar-refractivity contribution in [3.05, 3.63) is 71.3 Å². The van der Waals surface area contributed by atoms with E-state index in [9.17, 15) is 18.0 Å². The third-order valence-electron chi connectivity index (χ3n) is 5.18. The highest BCUT2D eigenvalue weighted by molar-refractivity contribution is 7.89. The summed E-state index contributed by atoms with van der Waals surface area (Å²) in [6.07, 6.45) is 0.807. The number of sulfonamides is 1. The zero-order chi connectivity index (χ0) is 21.5. The summed E-state index contributed by atoms with van der Waals surface area (Å²) in [4.78, 5) is 25.1. The van der Waals surface area contributed by atoms with Crippen LogP contribution in [0.5, 0.6) is 0 Å². The van der Waals surface area contributed by atoms with Crippen LogP contribution in [0.15, 0.2) is 59.5 Å². The van der Waals surface area contributed by atoms with Gasteiger partial charge in [-0.05, 0) is 65.9 Å². The molecule has 7 nitrogen and oxygen atoms in total. The minimum absolute atomic E-state index is 0.127. The molecule has 1 atom stereocenters. The van der Waals surface area contributed by atoms with Gasteiger partial charge in [-0.3, -0.25) is 4.79 Å². The van der Waals surface area contributed by atoms with Crippen molar-refractivity contribution in [2.24, 2.45) is 5.14 Å². The molecule has 0 heterocycles. The number of aryl methyl sites for hydroxylation is 2. The van der Waals surface area contributed by atoms with Crippen molar-refractivity contribution in [1.29, 1.82) is 0 Å². The van der Waals surface area contributed by atoms with Gasteiger partial charge in [0, 0.05) is 5.69 Å². The predicted molar refractivity (Wildman–Crippen MR) is 113 cm³/mol. The van der Waals surface area contributed by atoms with Crippen LogP contribution in [-0.4, -0.2) is 26.4 Å². The van der Waals surface area contributed by atoms with Crippen molar-refractivity contribution in [1.82, 2.24) is 0 Å². The Morgan fingerprint density at radius 3 is 2.47 bits per heavy atom. The first-order valence-corrected chi connectivity index (χ1v) is 11.0. The van der Waals surface area contributed by atoms with Crippen molar-refractivity contribution >= 4 is 38.4 Å². The van der Waals surface area contributed by atoms with Crippen LogP contribution in [0.25, 0.3) is 10.8 Å². The number of primary sulfonamides is 1. The molecule has 0 bridgehead atoms. The van der Waals surface area contributed by atoms with Crippen LogP contribution in [0.2, 0.25) is 0 Å². The molecule has 4 rings (SSSR count). The molecule has 0 radical (unpaired) electrons. The molecular formula is C22H20N2O5S. The molecular weight excluding hydrogens is 404 g/mol. The molecule has 3 aromatic rings. The fourth-order valence-electron chi connectivity index (χ4n) is 3.70. The number of ether oxygens (including phenoxy) is 1. The molecule has 3 aromatic carbocycles. The maximum atomic E-state index is 12.8. The van der Waals surface area contributed by atoms with E-state index in [0.29, 0.717) is 5.56 Å². The summed E-state index contributed by atoms with van der Waals surface area (Å²) < 4.78 is 28.3. The van der Waals surface area contributed by atoms with Gasteiger partial charge < -0.3 is 10.1 Å². The number of anilines is 1. The van der Waals surface area contributed by atoms with Crippen LogP contribution in [0, 0.1) is 0 Å². The molecule has 8 heteroatoms. The average Bonchev–Trinajstić information content (AvgIpc) is 3.12. The van der Waals surface area contributed by atoms with Gasteiger partial charge in [-0.15, -0.1) is 0 Å². The van der Waals surface area contributed by atoms with E-state index in [0.717, 1.165) is 23.6 Å². The zero-order valence-electron chi connectivity index (χ0n) is 16.2. The van der Waals surface area contributed by atoms with Gasteiger partial charge in [-0.25, -0.2) is 18.4 Å². The Bertz CT molecular complexity index is 1270. The Morgan fingerprint density at radius 1 is 1.03 bits per heavy atom. The Kier molecular flexibility index (Phi) is 5.05. The molecule has 1 aliphatic rings. The Hall–Kier alpha value is -3.23. The van der Waals surface area contributed by atoms with E-state index in [-0.39, 0.29) is 10.6 Å². The Balaban J connectivity index is 1.51. The van der Waals surface area contributed by atoms with Crippen molar-refractivity contribution in [3.8, 4) is 0 Å². The summed E-state index contributed by atoms with van der Waals surface area (Å²) >= 11 is 0. The van der Waals surface area contributed by atoms with Crippen molar-refractivity contribution in [2.45, 2.75) is 30.8 Å². The van der Waals surface area contributed by atoms with Crippen molar-refractivity contribution in [2.75, 3.05) is 5.32 Å². The Morgan fingerprint density at radius 2 is 1.73 bits per heavy atom. The van der Waals surface area contributed by atoms with Crippen molar-refractivity contribution in [3.63, 3.8) is 0 Å². The van der Waals surface area contributed by atoms with Gasteiger partial charge in [0.1, 0.15) is 0 Å². The first-order valence-electron chi connectivity index (χ1n) is 9.42. The summed E-state index contributed by atoms with van der Waals surface area (Å²) in [5.74, 6) is -1.17. The number of amides is 1. The second-order valence-electron chi connectivity index (χ2n) is 7.22. The quantitative estimate of drug-likeness (QED) is 0.611. The minimum atomic E-state index is -3.90. The van der Waals surface area contributed by atoms with Crippen LogP contribution in [0.3, 0.4) is 0 Å². The lowest BCUT2D eigenvalue weighted by Gasteiger charge is -2.15. The fourth-order valence-corrected chi connectivity index (χ4v) is 4.26. The van der Waals surface area contributed by atoms with Gasteiger partial charge >= 0.3 is 5.97 Å². The summed E-state index contributed by atoms with van der Waals surface area (Å²) in [6, 6.07) is 15.1. The topological polar surface area (TPSA) is 116 Å². The third-order valence-corrected chi connectivity index (χ3v) is 6.09. The van der Waals surface area contributed by atoms with Crippen LogP contribution >= 0.6 is 0 Å². The number of carbonyl (C=O) groups excluding carboxylic acids is 2. The highest BCUT2D eigenvalue weighted by Crippen LogP contribution is 2.33. The maximum absolute atomic E-state index is 12.8. The molecule has 0 aliphatic heterocycles. The molecule has 1 aliphatic carbocycles. The number of hydrogen-bond acceptors (Lipinski definition) is 5. The van der Waals surface area contributed by atoms with E-state index in [1.54, 1.807) is 6.07 Å². The van der Waals surface area contributed by atoms with Gasteiger partial charge in [0.2, 0.25) is 10.0 Å². The van der Waals surface area contributed by atoms with Gasteiger partial charge in [0.15, 0.2) is 6.10 Å². The SMILES string of the molecule is CC(OC(=O)c1ccc2c3c(cccc13)CC2)C(=O)Nc1cccc(S(N)(=O)=O)c1. The van der Waals surface area contributed by atoms with E-state index in [1.165, 1.54) is 42.3 Å². The van der Waals surface area contributed by atoms with Gasteiger partial charge in [-0.1, -0.05) is 30.3 Å². The van der Waals surface area contributed by atoms with E-state index in [1.807, 2.05) is 18.2 Å². The summed E-state index contributed by atoms with van der Waals surface area (Å²) in [5.41, 5.74) is 3.06. The lowest BCUT2D eigenvalue weighted by Crippen LogP contribution is -2.30. The molecule has 0 saturated heterocycles. The van der Waals surface area contributed by atoms with Gasteiger partial charge in [0.25, 0.3) is 5.91 Å². The van der Waals surface area contributed by atoms with Crippen LogP contribution in [-0.2, 0) is 32.4 Å². The maximum Gasteiger partial charge on any atom is 0.339 e. The molecule has 0 fully saturated rings. The summed E-state index contributed by atoms with van der Waals surface area (Å²) in [5, 5.41) is 9.56. The lowest BCUT2D eigenvalue weighted by atomic mass is 10.00. The third kappa shape index (κ3) is 3.79. The molecule has 0 aromatic heterocycles. The van der Waals surface area contributed by atoms with Crippen LogP contribution < -0.4 is 10.5 Å². The number of carbonyl (C=O) groups is 2. The molecule has 0 saturated carbocycles. The van der Waals surface area contributed by atoms with E-state index >= 15 is 0 Å². The average molecular weight is 424 g/mol. The Labute approximate surface area is 173 Å². The standard InChI is InChI=1S/C22H20N2O5S/c1-13(21(25)24-16-5-3-6-17(12-16)30(23,27)28)29-22(26)19-11-10-15-9-8-14-4-2-7-18(19)20(14)15/h2-7,10-13H,8-9H2,1H3,(H,24,25)(H2,23,27,28). The molecule has 1 amide bonds. The normalized spacial score (nSPS) is 13.8. The first-order chi connectivity index (χ1) is 14.2. The monoisotopic (exact) mass is 424 g/mol. The van der Waals surface area contributed by atoms with Gasteiger partial charge in [-0.2, -0.15) is 0 Å². The minimum Gasteiger partial charge on any atom is -0.449 e. The summed E-state index contributed by atoms with van der Waals surface area (Å²) in [7, 11) is -3.90. The van der Waals surface area contributed by atoms with Crippen LogP contribution in [0.1, 0.15) is 28.4 Å². The first kappa shape index (κ1) is 20.1. The van der Waals surface area contributed by atoms with E-state index < -0.39 is 28.0 Å². The smallest absolute Gasteiger partial charge is 0.339 e. The zero-order valence-corrected chi connectivity index (χ0v) is 17.0. The second-order valence-corrected chi connectivity index (χ2v) is 8.78. The number of nitrogens with two attached hydrogens (primary N) is 1. The number of benzene rings is 3. The predicted octanol–water partition coefficient (Wildman–Crippen LogP) is 2.77. The molecule has 0 spiro atoms. The lowest BCUT2D eigenvalue weighted by molar-refractivity contribution is -0.123. The fraction of sp³-hybridized carbons (Fsp3) is 0.182. The number of hydrogen-bond donors (Lipinski definition) is 2. The second kappa shape index (κ2) is 7.55. The van der Waals surface area contributed by atoms with Gasteiger partial charge in [0.05, 0.1) is 10.5 Å². The molecule has 1 unspecified atom stereocenters. The van der Waals surface area contributed by atoms with Crippen LogP contribution in [0.4, 0.5) is 5.69 Å². The number of esters is 1. The van der Waals surface area contributed by atoms with E-state index in [2.05, 4.69) is 11.4 Å². The molecule has 154 valence electrons. The van der Waals surface area contributed by atoms with E-state index in [4.69, 9.17) is 9.88 Å². The van der Waals surface area contributed by atoms with Crippen molar-refractivity contribution < 1.29 is 22.7 Å². The molecule has 30 heavy (non-hydrogen) atoms. The number of nitrogens with one attached hydrogen (secondary N) is 1. The summed E-state index contributed by atoms with van der Waals surface area (Å²) in [6.45, 7) is 1.46.